The number of unbranched alkanes of at least 4 members (excludes halogenated alkanes) is 1. The molecule has 0 spiro atoms. The summed E-state index contributed by atoms with van der Waals surface area (Å²) in [5.74, 6) is -0.919. The number of amides is 1. The number of carboxylic acid groups (broad SMARTS) is 1. The number of carbonyl (C=O) groups is 2. The minimum Gasteiger partial charge on any atom is -0.478 e. The first-order valence-corrected chi connectivity index (χ1v) is 8.88. The van der Waals surface area contributed by atoms with Gasteiger partial charge in [-0.25, -0.2) is 9.78 Å². The molecular formula is C16H21N3O4S. The highest BCUT2D eigenvalue weighted by Gasteiger charge is 2.20. The highest BCUT2D eigenvalue weighted by atomic mass is 32.1. The number of hydrogen-bond donors (Lipinski definition) is 2. The quantitative estimate of drug-likeness (QED) is 0.709. The lowest BCUT2D eigenvalue weighted by Gasteiger charge is -2.12. The Bertz CT molecular complexity index is 809. The molecule has 130 valence electrons. The third-order valence-electron chi connectivity index (χ3n) is 3.63. The van der Waals surface area contributed by atoms with Gasteiger partial charge in [-0.1, -0.05) is 20.3 Å². The second kappa shape index (κ2) is 8.05. The summed E-state index contributed by atoms with van der Waals surface area (Å²) in [6, 6.07) is 0. The van der Waals surface area contributed by atoms with Crippen molar-refractivity contribution < 1.29 is 14.7 Å². The van der Waals surface area contributed by atoms with E-state index in [0.29, 0.717) is 23.6 Å². The molecule has 8 heteroatoms. The molecule has 0 aliphatic heterocycles. The van der Waals surface area contributed by atoms with Gasteiger partial charge in [0.2, 0.25) is 5.91 Å². The molecule has 0 radical (unpaired) electrons. The molecule has 2 heterocycles. The average Bonchev–Trinajstić information content (AvgIpc) is 2.96. The molecule has 2 N–H and O–H groups in total. The third-order valence-corrected chi connectivity index (χ3v) is 4.50. The molecule has 0 bridgehead atoms. The first-order valence-electron chi connectivity index (χ1n) is 8.00. The van der Waals surface area contributed by atoms with E-state index in [1.165, 1.54) is 9.95 Å². The van der Waals surface area contributed by atoms with Crippen molar-refractivity contribution in [2.24, 2.45) is 0 Å². The number of fused-ring (bicyclic) bond motifs is 1. The van der Waals surface area contributed by atoms with Crippen molar-refractivity contribution in [3.8, 4) is 0 Å². The maximum Gasteiger partial charge on any atom is 0.337 e. The topological polar surface area (TPSA) is 101 Å². The predicted molar refractivity (Wildman–Crippen MR) is 92.8 cm³/mol. The largest absolute Gasteiger partial charge is 0.478 e. The zero-order valence-corrected chi connectivity index (χ0v) is 14.6. The molecule has 0 aliphatic carbocycles. The van der Waals surface area contributed by atoms with Crippen molar-refractivity contribution in [2.45, 2.75) is 46.1 Å². The molecular weight excluding hydrogens is 330 g/mol. The van der Waals surface area contributed by atoms with Crippen molar-refractivity contribution in [2.75, 3.05) is 6.54 Å². The Labute approximate surface area is 143 Å². The molecule has 2 aromatic rings. The number of rotatable bonds is 8. The highest BCUT2D eigenvalue weighted by Crippen LogP contribution is 2.22. The number of aromatic carboxylic acids is 1. The number of aromatic nitrogens is 2. The van der Waals surface area contributed by atoms with Gasteiger partial charge in [-0.2, -0.15) is 0 Å². The van der Waals surface area contributed by atoms with Crippen LogP contribution in [0.3, 0.4) is 0 Å². The van der Waals surface area contributed by atoms with Crippen LogP contribution in [0.15, 0.2) is 10.2 Å². The Hall–Kier alpha value is -2.22. The third kappa shape index (κ3) is 3.81. The standard InChI is InChI=1S/C16H21N3O4S/c1-3-5-7-17-12(20)8-19-11(6-4-2)18-14-13(15(19)21)10(9-24-14)16(22)23/h9H,3-8H2,1-2H3,(H,17,20)(H,22,23). The van der Waals surface area contributed by atoms with Gasteiger partial charge in [-0.15, -0.1) is 11.3 Å². The van der Waals surface area contributed by atoms with Gasteiger partial charge in [-0.3, -0.25) is 14.2 Å². The van der Waals surface area contributed by atoms with Crippen molar-refractivity contribution in [3.05, 3.63) is 27.1 Å². The SMILES string of the molecule is CCCCNC(=O)Cn1c(CCC)nc2scc(C(=O)O)c2c1=O. The number of aryl methyl sites for hydroxylation is 1. The zero-order valence-electron chi connectivity index (χ0n) is 13.8. The van der Waals surface area contributed by atoms with Gasteiger partial charge in [-0.05, 0) is 12.8 Å². The van der Waals surface area contributed by atoms with Crippen molar-refractivity contribution >= 4 is 33.4 Å². The maximum atomic E-state index is 12.8. The summed E-state index contributed by atoms with van der Waals surface area (Å²) in [4.78, 5) is 41.0. The van der Waals surface area contributed by atoms with Gasteiger partial charge in [0.1, 0.15) is 17.2 Å². The maximum absolute atomic E-state index is 12.8. The van der Waals surface area contributed by atoms with Crippen molar-refractivity contribution in [3.63, 3.8) is 0 Å². The summed E-state index contributed by atoms with van der Waals surface area (Å²) < 4.78 is 1.30. The van der Waals surface area contributed by atoms with Gasteiger partial charge >= 0.3 is 5.97 Å². The van der Waals surface area contributed by atoms with E-state index in [1.807, 2.05) is 13.8 Å². The van der Waals surface area contributed by atoms with E-state index < -0.39 is 11.5 Å². The Kier molecular flexibility index (Phi) is 6.08. The predicted octanol–water partition coefficient (Wildman–Crippen LogP) is 2.02. The molecule has 7 nitrogen and oxygen atoms in total. The Morgan fingerprint density at radius 2 is 2.08 bits per heavy atom. The van der Waals surface area contributed by atoms with Crippen LogP contribution >= 0.6 is 11.3 Å². The summed E-state index contributed by atoms with van der Waals surface area (Å²) in [5.41, 5.74) is -0.525. The lowest BCUT2D eigenvalue weighted by atomic mass is 10.2. The molecule has 1 amide bonds. The fraction of sp³-hybridized carbons (Fsp3) is 0.500. The lowest BCUT2D eigenvalue weighted by molar-refractivity contribution is -0.121. The van der Waals surface area contributed by atoms with Crippen LogP contribution in [-0.4, -0.2) is 33.1 Å². The number of hydrogen-bond acceptors (Lipinski definition) is 5. The van der Waals surface area contributed by atoms with E-state index >= 15 is 0 Å². The summed E-state index contributed by atoms with van der Waals surface area (Å²) >= 11 is 1.14. The Balaban J connectivity index is 2.45. The van der Waals surface area contributed by atoms with Crippen LogP contribution in [0.25, 0.3) is 10.2 Å². The van der Waals surface area contributed by atoms with Gasteiger partial charge in [0.05, 0.1) is 10.9 Å². The summed E-state index contributed by atoms with van der Waals surface area (Å²) in [6.07, 6.45) is 3.15. The monoisotopic (exact) mass is 351 g/mol. The molecule has 24 heavy (non-hydrogen) atoms. The van der Waals surface area contributed by atoms with E-state index in [2.05, 4.69) is 10.3 Å². The average molecular weight is 351 g/mol. The zero-order chi connectivity index (χ0) is 17.7. The molecule has 0 saturated carbocycles. The first kappa shape index (κ1) is 18.1. The minimum atomic E-state index is -1.16. The second-order valence-corrected chi connectivity index (χ2v) is 6.37. The van der Waals surface area contributed by atoms with Gasteiger partial charge in [0, 0.05) is 18.3 Å². The van der Waals surface area contributed by atoms with Gasteiger partial charge in [0.25, 0.3) is 5.56 Å². The van der Waals surface area contributed by atoms with E-state index in [-0.39, 0.29) is 23.4 Å². The van der Waals surface area contributed by atoms with Crippen LogP contribution in [0.2, 0.25) is 0 Å². The smallest absolute Gasteiger partial charge is 0.337 e. The summed E-state index contributed by atoms with van der Waals surface area (Å²) in [5, 5.41) is 13.5. The minimum absolute atomic E-state index is 0.0595. The summed E-state index contributed by atoms with van der Waals surface area (Å²) in [6.45, 7) is 4.40. The number of nitrogens with zero attached hydrogens (tertiary/aromatic N) is 2. The molecule has 0 saturated heterocycles. The van der Waals surface area contributed by atoms with Gasteiger partial charge < -0.3 is 10.4 Å². The molecule has 0 aromatic carbocycles. The molecule has 0 aliphatic rings. The number of carbonyl (C=O) groups excluding carboxylic acids is 1. The number of nitrogens with one attached hydrogen (secondary N) is 1. The van der Waals surface area contributed by atoms with Crippen LogP contribution in [0.4, 0.5) is 0 Å². The Morgan fingerprint density at radius 1 is 1.33 bits per heavy atom. The molecule has 0 unspecified atom stereocenters. The van der Waals surface area contributed by atoms with E-state index in [1.54, 1.807) is 0 Å². The fourth-order valence-electron chi connectivity index (χ4n) is 2.41. The van der Waals surface area contributed by atoms with Crippen molar-refractivity contribution in [1.82, 2.24) is 14.9 Å². The fourth-order valence-corrected chi connectivity index (χ4v) is 3.33. The van der Waals surface area contributed by atoms with Crippen LogP contribution < -0.4 is 10.9 Å². The second-order valence-electron chi connectivity index (χ2n) is 5.51. The molecule has 2 aromatic heterocycles. The van der Waals surface area contributed by atoms with Gasteiger partial charge in [0.15, 0.2) is 0 Å². The van der Waals surface area contributed by atoms with E-state index in [0.717, 1.165) is 30.6 Å². The molecule has 0 fully saturated rings. The summed E-state index contributed by atoms with van der Waals surface area (Å²) in [7, 11) is 0. The number of carboxylic acids is 1. The van der Waals surface area contributed by atoms with Crippen LogP contribution in [0, 0.1) is 0 Å². The number of thiophene rings is 1. The highest BCUT2D eigenvalue weighted by molar-refractivity contribution is 7.17. The van der Waals surface area contributed by atoms with E-state index in [9.17, 15) is 19.5 Å². The molecule has 0 atom stereocenters. The van der Waals surface area contributed by atoms with Crippen LogP contribution in [-0.2, 0) is 17.8 Å². The lowest BCUT2D eigenvalue weighted by Crippen LogP contribution is -2.35. The van der Waals surface area contributed by atoms with Crippen LogP contribution in [0.1, 0.15) is 49.3 Å². The Morgan fingerprint density at radius 3 is 2.71 bits per heavy atom. The molecule has 2 rings (SSSR count). The normalized spacial score (nSPS) is 10.9. The van der Waals surface area contributed by atoms with Crippen molar-refractivity contribution in [1.29, 1.82) is 0 Å². The van der Waals surface area contributed by atoms with E-state index in [4.69, 9.17) is 0 Å². The first-order chi connectivity index (χ1) is 11.5. The van der Waals surface area contributed by atoms with Crippen LogP contribution in [0.5, 0.6) is 0 Å².